The van der Waals surface area contributed by atoms with E-state index in [1.807, 2.05) is 0 Å². The van der Waals surface area contributed by atoms with E-state index in [0.29, 0.717) is 30.0 Å². The van der Waals surface area contributed by atoms with Crippen molar-refractivity contribution in [3.63, 3.8) is 0 Å². The third-order valence-electron chi connectivity index (χ3n) is 3.55. The first-order valence-corrected chi connectivity index (χ1v) is 7.03. The van der Waals surface area contributed by atoms with Gasteiger partial charge in [0.25, 0.3) is 0 Å². The highest BCUT2D eigenvalue weighted by atomic mass is 79.9. The molecule has 0 aliphatic carbocycles. The summed E-state index contributed by atoms with van der Waals surface area (Å²) in [4.78, 5) is 1.81. The summed E-state index contributed by atoms with van der Waals surface area (Å²) in [6, 6.07) is 4.11. The second kappa shape index (κ2) is 5.71. The fourth-order valence-corrected chi connectivity index (χ4v) is 2.76. The lowest BCUT2D eigenvalue weighted by Gasteiger charge is -2.34. The van der Waals surface area contributed by atoms with Crippen LogP contribution in [0.4, 0.5) is 18.9 Å². The summed E-state index contributed by atoms with van der Waals surface area (Å²) in [5.74, 6) is 0.428. The Morgan fingerprint density at radius 1 is 1.26 bits per heavy atom. The van der Waals surface area contributed by atoms with Crippen LogP contribution in [0.15, 0.2) is 22.7 Å². The first-order chi connectivity index (χ1) is 8.91. The van der Waals surface area contributed by atoms with Crippen molar-refractivity contribution in [2.45, 2.75) is 19.0 Å². The molecular weight excluding hydrogens is 321 g/mol. The Hall–Kier alpha value is -0.750. The Kier molecular flexibility index (Phi) is 4.40. The maximum Gasteiger partial charge on any atom is 0.418 e. The number of rotatable bonds is 2. The predicted molar refractivity (Wildman–Crippen MR) is 73.1 cm³/mol. The molecule has 0 atom stereocenters. The Morgan fingerprint density at radius 2 is 1.89 bits per heavy atom. The lowest BCUT2D eigenvalue weighted by Crippen LogP contribution is -2.37. The van der Waals surface area contributed by atoms with Gasteiger partial charge < -0.3 is 10.6 Å². The van der Waals surface area contributed by atoms with E-state index in [1.165, 1.54) is 6.07 Å². The number of anilines is 1. The highest BCUT2D eigenvalue weighted by Crippen LogP contribution is 2.39. The van der Waals surface area contributed by atoms with Crippen molar-refractivity contribution in [1.82, 2.24) is 0 Å². The Balaban J connectivity index is 2.26. The van der Waals surface area contributed by atoms with Gasteiger partial charge in [0.05, 0.1) is 11.3 Å². The fourth-order valence-electron chi connectivity index (χ4n) is 2.42. The topological polar surface area (TPSA) is 29.3 Å². The van der Waals surface area contributed by atoms with Crippen molar-refractivity contribution in [2.24, 2.45) is 11.7 Å². The van der Waals surface area contributed by atoms with Gasteiger partial charge in [-0.15, -0.1) is 0 Å². The summed E-state index contributed by atoms with van der Waals surface area (Å²) >= 11 is 3.24. The van der Waals surface area contributed by atoms with Gasteiger partial charge in [0, 0.05) is 17.6 Å². The van der Waals surface area contributed by atoms with Crippen molar-refractivity contribution in [3.05, 3.63) is 28.2 Å². The molecule has 0 saturated carbocycles. The lowest BCUT2D eigenvalue weighted by molar-refractivity contribution is -0.137. The standard InChI is InChI=1S/C13H16BrF3N2/c14-10-1-2-11(13(15,16)17)12(7-10)19-5-3-9(8-18)4-6-19/h1-2,7,9H,3-6,8,18H2. The van der Waals surface area contributed by atoms with Crippen LogP contribution >= 0.6 is 15.9 Å². The smallest absolute Gasteiger partial charge is 0.371 e. The first-order valence-electron chi connectivity index (χ1n) is 6.23. The zero-order valence-electron chi connectivity index (χ0n) is 10.4. The molecule has 2 N–H and O–H groups in total. The number of piperidine rings is 1. The van der Waals surface area contributed by atoms with Crippen LogP contribution in [0.5, 0.6) is 0 Å². The van der Waals surface area contributed by atoms with Gasteiger partial charge in [-0.2, -0.15) is 13.2 Å². The van der Waals surface area contributed by atoms with Crippen LogP contribution in [0, 0.1) is 5.92 Å². The largest absolute Gasteiger partial charge is 0.418 e. The molecule has 1 heterocycles. The number of hydrogen-bond donors (Lipinski definition) is 1. The molecule has 0 radical (unpaired) electrons. The van der Waals surface area contributed by atoms with E-state index in [1.54, 1.807) is 11.0 Å². The molecule has 2 rings (SSSR count). The summed E-state index contributed by atoms with van der Waals surface area (Å²) in [5.41, 5.74) is 5.30. The minimum atomic E-state index is -4.32. The van der Waals surface area contributed by atoms with Gasteiger partial charge in [-0.1, -0.05) is 15.9 Å². The van der Waals surface area contributed by atoms with Crippen molar-refractivity contribution < 1.29 is 13.2 Å². The maximum atomic E-state index is 13.0. The van der Waals surface area contributed by atoms with Crippen LogP contribution in [0.3, 0.4) is 0 Å². The van der Waals surface area contributed by atoms with Crippen LogP contribution < -0.4 is 10.6 Å². The molecule has 1 saturated heterocycles. The van der Waals surface area contributed by atoms with Gasteiger partial charge in [-0.25, -0.2) is 0 Å². The molecule has 1 aromatic rings. The van der Waals surface area contributed by atoms with E-state index in [9.17, 15) is 13.2 Å². The molecule has 106 valence electrons. The van der Waals surface area contributed by atoms with Gasteiger partial charge >= 0.3 is 6.18 Å². The highest BCUT2D eigenvalue weighted by molar-refractivity contribution is 9.10. The molecule has 0 spiro atoms. The summed E-state index contributed by atoms with van der Waals surface area (Å²) in [6.45, 7) is 1.86. The second-order valence-corrected chi connectivity index (χ2v) is 5.74. The quantitative estimate of drug-likeness (QED) is 0.893. The van der Waals surface area contributed by atoms with E-state index in [2.05, 4.69) is 15.9 Å². The average Bonchev–Trinajstić information content (AvgIpc) is 2.37. The average molecular weight is 337 g/mol. The molecule has 1 aromatic carbocycles. The van der Waals surface area contributed by atoms with Crippen molar-refractivity contribution in [3.8, 4) is 0 Å². The van der Waals surface area contributed by atoms with E-state index in [4.69, 9.17) is 5.73 Å². The number of nitrogens with zero attached hydrogens (tertiary/aromatic N) is 1. The predicted octanol–water partition coefficient (Wildman–Crippen LogP) is 3.64. The van der Waals surface area contributed by atoms with Crippen LogP contribution in [0.2, 0.25) is 0 Å². The Morgan fingerprint density at radius 3 is 2.42 bits per heavy atom. The molecule has 1 fully saturated rings. The van der Waals surface area contributed by atoms with Crippen molar-refractivity contribution >= 4 is 21.6 Å². The van der Waals surface area contributed by atoms with Gasteiger partial charge in [0.1, 0.15) is 0 Å². The fraction of sp³-hybridized carbons (Fsp3) is 0.538. The van der Waals surface area contributed by atoms with Crippen molar-refractivity contribution in [1.29, 1.82) is 0 Å². The van der Waals surface area contributed by atoms with Gasteiger partial charge in [-0.05, 0) is 43.5 Å². The number of halogens is 4. The molecule has 19 heavy (non-hydrogen) atoms. The zero-order valence-corrected chi connectivity index (χ0v) is 12.0. The monoisotopic (exact) mass is 336 g/mol. The Labute approximate surface area is 118 Å². The SMILES string of the molecule is NCC1CCN(c2cc(Br)ccc2C(F)(F)F)CC1. The minimum absolute atomic E-state index is 0.261. The molecule has 0 aromatic heterocycles. The number of hydrogen-bond acceptors (Lipinski definition) is 2. The lowest BCUT2D eigenvalue weighted by atomic mass is 9.96. The van der Waals surface area contributed by atoms with E-state index >= 15 is 0 Å². The molecule has 6 heteroatoms. The number of alkyl halides is 3. The number of nitrogens with two attached hydrogens (primary N) is 1. The molecule has 0 amide bonds. The van der Waals surface area contributed by atoms with Crippen LogP contribution in [0.1, 0.15) is 18.4 Å². The van der Waals surface area contributed by atoms with E-state index < -0.39 is 11.7 Å². The van der Waals surface area contributed by atoms with E-state index in [-0.39, 0.29) is 5.69 Å². The summed E-state index contributed by atoms with van der Waals surface area (Å²) in [5, 5.41) is 0. The van der Waals surface area contributed by atoms with Crippen LogP contribution in [0.25, 0.3) is 0 Å². The molecule has 1 aliphatic heterocycles. The van der Waals surface area contributed by atoms with Crippen LogP contribution in [-0.4, -0.2) is 19.6 Å². The first kappa shape index (κ1) is 14.7. The third kappa shape index (κ3) is 3.42. The zero-order chi connectivity index (χ0) is 14.0. The molecule has 0 bridgehead atoms. The molecule has 1 aliphatic rings. The summed E-state index contributed by atoms with van der Waals surface area (Å²) in [6.07, 6.45) is -2.62. The van der Waals surface area contributed by atoms with E-state index in [0.717, 1.165) is 18.9 Å². The van der Waals surface area contributed by atoms with Crippen molar-refractivity contribution in [2.75, 3.05) is 24.5 Å². The van der Waals surface area contributed by atoms with Gasteiger partial charge in [0.2, 0.25) is 0 Å². The highest BCUT2D eigenvalue weighted by Gasteiger charge is 2.35. The van der Waals surface area contributed by atoms with Gasteiger partial charge in [-0.3, -0.25) is 0 Å². The maximum absolute atomic E-state index is 13.0. The number of benzene rings is 1. The second-order valence-electron chi connectivity index (χ2n) is 4.83. The molecular formula is C13H16BrF3N2. The molecule has 2 nitrogen and oxygen atoms in total. The molecule has 0 unspecified atom stereocenters. The minimum Gasteiger partial charge on any atom is -0.371 e. The summed E-state index contributed by atoms with van der Waals surface area (Å²) < 4.78 is 39.7. The Bertz CT molecular complexity index is 440. The van der Waals surface area contributed by atoms with Crippen LogP contribution in [-0.2, 0) is 6.18 Å². The normalized spacial score (nSPS) is 17.8. The summed E-state index contributed by atoms with van der Waals surface area (Å²) in [7, 11) is 0. The third-order valence-corrected chi connectivity index (χ3v) is 4.05. The van der Waals surface area contributed by atoms with Gasteiger partial charge in [0.15, 0.2) is 0 Å².